The van der Waals surface area contributed by atoms with Gasteiger partial charge in [-0.1, -0.05) is 12.1 Å². The van der Waals surface area contributed by atoms with Crippen molar-refractivity contribution >= 4 is 26.8 Å². The van der Waals surface area contributed by atoms with Gasteiger partial charge in [0.15, 0.2) is 0 Å². The Morgan fingerprint density at radius 3 is 2.77 bits per heavy atom. The molecule has 0 atom stereocenters. The molecule has 0 amide bonds. The van der Waals surface area contributed by atoms with Crippen molar-refractivity contribution in [3.05, 3.63) is 46.0 Å². The van der Waals surface area contributed by atoms with E-state index in [1.54, 1.807) is 24.3 Å². The van der Waals surface area contributed by atoms with Crippen LogP contribution in [0.5, 0.6) is 0 Å². The van der Waals surface area contributed by atoms with Crippen molar-refractivity contribution in [1.82, 2.24) is 0 Å². The van der Waals surface area contributed by atoms with Crippen LogP contribution in [-0.2, 0) is 0 Å². The van der Waals surface area contributed by atoms with Gasteiger partial charge in [0.2, 0.25) is 11.3 Å². The molecule has 1 aromatic carbocycles. The summed E-state index contributed by atoms with van der Waals surface area (Å²) < 4.78 is 13.5. The van der Waals surface area contributed by atoms with E-state index in [9.17, 15) is 9.60 Å². The molecule has 0 saturated heterocycles. The number of nitrogens with zero attached hydrogens (tertiary/aromatic N) is 1. The van der Waals surface area contributed by atoms with Crippen LogP contribution < -0.4 is 4.73 Å². The molecule has 66 valence electrons. The number of rotatable bonds is 0. The highest BCUT2D eigenvalue weighted by Gasteiger charge is 2.13. The maximum atomic E-state index is 13.0. The molecule has 2 rings (SSSR count). The number of hydrogen-bond acceptors (Lipinski definition) is 1. The average Bonchev–Trinajstić information content (AvgIpc) is 2.15. The molecular weight excluding hydrogens is 237 g/mol. The Hall–Kier alpha value is -1.16. The molecule has 2 aromatic rings. The molecule has 1 aromatic heterocycles. The summed E-state index contributed by atoms with van der Waals surface area (Å²) in [7, 11) is 0. The Morgan fingerprint density at radius 1 is 1.31 bits per heavy atom. The van der Waals surface area contributed by atoms with Crippen LogP contribution in [0.25, 0.3) is 10.9 Å². The van der Waals surface area contributed by atoms with Crippen molar-refractivity contribution in [2.24, 2.45) is 0 Å². The fourth-order valence-electron chi connectivity index (χ4n) is 1.19. The van der Waals surface area contributed by atoms with Gasteiger partial charge in [0, 0.05) is 22.0 Å². The molecule has 0 fully saturated rings. The first-order chi connectivity index (χ1) is 6.20. The van der Waals surface area contributed by atoms with Crippen molar-refractivity contribution in [2.45, 2.75) is 0 Å². The molecule has 4 heteroatoms. The molecule has 1 heterocycles. The first kappa shape index (κ1) is 8.44. The second-order valence-corrected chi connectivity index (χ2v) is 3.39. The number of pyridine rings is 1. The normalized spacial score (nSPS) is 10.6. The number of aromatic nitrogens is 1. The lowest BCUT2D eigenvalue weighted by Gasteiger charge is -2.03. The van der Waals surface area contributed by atoms with Gasteiger partial charge in [-0.2, -0.15) is 9.12 Å². The average molecular weight is 242 g/mol. The molecule has 0 aliphatic rings. The topological polar surface area (TPSA) is 26.9 Å². The fourth-order valence-corrected chi connectivity index (χ4v) is 1.50. The van der Waals surface area contributed by atoms with Crippen molar-refractivity contribution in [2.75, 3.05) is 0 Å². The van der Waals surface area contributed by atoms with E-state index < -0.39 is 5.82 Å². The predicted molar refractivity (Wildman–Crippen MR) is 50.6 cm³/mol. The van der Waals surface area contributed by atoms with Crippen LogP contribution in [0.4, 0.5) is 4.39 Å². The standard InChI is InChI=1S/C9H5BrFNO/c10-9-7(11)5-6-3-1-2-4-8(6)12(9)13/h1-5H. The predicted octanol–water partition coefficient (Wildman–Crippen LogP) is 2.37. The van der Waals surface area contributed by atoms with Crippen LogP contribution >= 0.6 is 15.9 Å². The Morgan fingerprint density at radius 2 is 2.00 bits per heavy atom. The van der Waals surface area contributed by atoms with Gasteiger partial charge in [-0.15, -0.1) is 0 Å². The molecule has 0 spiro atoms. The smallest absolute Gasteiger partial charge is 0.295 e. The Bertz CT molecular complexity index is 472. The lowest BCUT2D eigenvalue weighted by atomic mass is 10.2. The van der Waals surface area contributed by atoms with Crippen molar-refractivity contribution in [3.63, 3.8) is 0 Å². The van der Waals surface area contributed by atoms with Gasteiger partial charge in [-0.3, -0.25) is 0 Å². The molecule has 2 nitrogen and oxygen atoms in total. The molecule has 13 heavy (non-hydrogen) atoms. The Kier molecular flexibility index (Phi) is 1.92. The number of para-hydroxylation sites is 1. The van der Waals surface area contributed by atoms with E-state index in [4.69, 9.17) is 0 Å². The van der Waals surface area contributed by atoms with Crippen LogP contribution in [0.1, 0.15) is 0 Å². The minimum atomic E-state index is -0.547. The summed E-state index contributed by atoms with van der Waals surface area (Å²) in [5.74, 6) is -0.547. The van der Waals surface area contributed by atoms with Crippen molar-refractivity contribution in [3.8, 4) is 0 Å². The molecule has 0 aliphatic heterocycles. The maximum Gasteiger partial charge on any atom is 0.295 e. The van der Waals surface area contributed by atoms with E-state index in [1.165, 1.54) is 6.07 Å². The second kappa shape index (κ2) is 2.96. The van der Waals surface area contributed by atoms with E-state index in [-0.39, 0.29) is 4.60 Å². The third kappa shape index (κ3) is 1.27. The van der Waals surface area contributed by atoms with Crippen LogP contribution in [0.15, 0.2) is 34.9 Å². The van der Waals surface area contributed by atoms with E-state index in [2.05, 4.69) is 15.9 Å². The Balaban J connectivity index is 2.94. The van der Waals surface area contributed by atoms with Gasteiger partial charge < -0.3 is 5.21 Å². The van der Waals surface area contributed by atoms with Gasteiger partial charge in [0.1, 0.15) is 0 Å². The third-order valence-electron chi connectivity index (χ3n) is 1.81. The molecule has 0 bridgehead atoms. The third-order valence-corrected chi connectivity index (χ3v) is 2.51. The van der Waals surface area contributed by atoms with Crippen molar-refractivity contribution in [1.29, 1.82) is 0 Å². The number of hydrogen-bond donors (Lipinski definition) is 0. The molecule has 0 radical (unpaired) electrons. The largest absolute Gasteiger partial charge is 0.617 e. The molecular formula is C9H5BrFNO. The van der Waals surface area contributed by atoms with Gasteiger partial charge >= 0.3 is 0 Å². The molecule has 0 N–H and O–H groups in total. The van der Waals surface area contributed by atoms with Crippen LogP contribution in [0, 0.1) is 11.0 Å². The van der Waals surface area contributed by atoms with Crippen LogP contribution in [0.2, 0.25) is 0 Å². The second-order valence-electron chi connectivity index (χ2n) is 2.64. The fraction of sp³-hybridized carbons (Fsp3) is 0. The highest BCUT2D eigenvalue weighted by molar-refractivity contribution is 9.10. The summed E-state index contributed by atoms with van der Waals surface area (Å²) >= 11 is 2.88. The maximum absolute atomic E-state index is 13.0. The number of benzene rings is 1. The zero-order valence-electron chi connectivity index (χ0n) is 6.50. The molecule has 0 unspecified atom stereocenters. The quantitative estimate of drug-likeness (QED) is 0.395. The van der Waals surface area contributed by atoms with E-state index >= 15 is 0 Å². The number of fused-ring (bicyclic) bond motifs is 1. The van der Waals surface area contributed by atoms with Crippen LogP contribution in [0.3, 0.4) is 0 Å². The number of halogens is 2. The van der Waals surface area contributed by atoms with Crippen LogP contribution in [-0.4, -0.2) is 0 Å². The first-order valence-electron chi connectivity index (χ1n) is 3.66. The summed E-state index contributed by atoms with van der Waals surface area (Å²) in [4.78, 5) is 0. The van der Waals surface area contributed by atoms with E-state index in [0.717, 1.165) is 0 Å². The molecule has 0 aliphatic carbocycles. The molecule has 0 saturated carbocycles. The van der Waals surface area contributed by atoms with Crippen molar-refractivity contribution < 1.29 is 9.12 Å². The highest BCUT2D eigenvalue weighted by Crippen LogP contribution is 2.16. The van der Waals surface area contributed by atoms with Gasteiger partial charge in [-0.25, -0.2) is 0 Å². The van der Waals surface area contributed by atoms with Gasteiger partial charge in [0.05, 0.1) is 5.39 Å². The van der Waals surface area contributed by atoms with E-state index in [0.29, 0.717) is 15.6 Å². The minimum Gasteiger partial charge on any atom is -0.617 e. The first-order valence-corrected chi connectivity index (χ1v) is 4.46. The highest BCUT2D eigenvalue weighted by atomic mass is 79.9. The summed E-state index contributed by atoms with van der Waals surface area (Å²) in [5, 5.41) is 12.0. The lowest BCUT2D eigenvalue weighted by molar-refractivity contribution is -0.591. The van der Waals surface area contributed by atoms with E-state index in [1.807, 2.05) is 0 Å². The summed E-state index contributed by atoms with van der Waals surface area (Å²) in [5.41, 5.74) is 0.454. The zero-order chi connectivity index (χ0) is 9.42. The summed E-state index contributed by atoms with van der Waals surface area (Å²) in [6, 6.07) is 8.16. The summed E-state index contributed by atoms with van der Waals surface area (Å²) in [6.07, 6.45) is 0. The minimum absolute atomic E-state index is 0.0776. The zero-order valence-corrected chi connectivity index (χ0v) is 8.08. The monoisotopic (exact) mass is 241 g/mol. The lowest BCUT2D eigenvalue weighted by Crippen LogP contribution is -2.29. The Labute approximate surface area is 82.3 Å². The SMILES string of the molecule is [O-][n+]1c(Br)c(F)cc2ccccc21. The summed E-state index contributed by atoms with van der Waals surface area (Å²) in [6.45, 7) is 0. The van der Waals surface area contributed by atoms with Gasteiger partial charge in [-0.05, 0) is 12.1 Å². The van der Waals surface area contributed by atoms with Gasteiger partial charge in [0.25, 0.3) is 4.60 Å².